The van der Waals surface area contributed by atoms with E-state index in [1.807, 2.05) is 39.0 Å². The van der Waals surface area contributed by atoms with Crippen LogP contribution in [0.1, 0.15) is 108 Å². The molecule has 55 heavy (non-hydrogen) atoms. The number of carbonyl (C=O) groups excluding carboxylic acids is 3. The van der Waals surface area contributed by atoms with Crippen LogP contribution in [0.3, 0.4) is 0 Å². The molecule has 0 radical (unpaired) electrons. The SMILES string of the molecule is CC(C)(C)OC(=O)NC1COc2cc(-c3noc(C4CC4)n3)ccc21.CC(C)(C)OC(=O)NC1COc2cc(C(N)=NO)ccc21.I[I-]I.O=C(Cl)C1CC1. The molecule has 0 spiro atoms. The third kappa shape index (κ3) is 14.5. The van der Waals surface area contributed by atoms with Crippen molar-refractivity contribution in [1.29, 1.82) is 0 Å². The predicted octanol–water partition coefficient (Wildman–Crippen LogP) is 5.25. The molecule has 1 aromatic heterocycles. The molecular weight excluding hydrogens is 1080 g/mol. The van der Waals surface area contributed by atoms with Gasteiger partial charge in [0, 0.05) is 34.1 Å². The average Bonchev–Trinajstić information content (AvgIpc) is 4.02. The molecule has 5 N–H and O–H groups in total. The Labute approximate surface area is 354 Å². The van der Waals surface area contributed by atoms with Gasteiger partial charge in [-0.25, -0.2) is 9.59 Å². The summed E-state index contributed by atoms with van der Waals surface area (Å²) in [4.78, 5) is 38.2. The minimum Gasteiger partial charge on any atom is -0.281 e. The van der Waals surface area contributed by atoms with E-state index in [1.165, 1.54) is 0 Å². The van der Waals surface area contributed by atoms with Gasteiger partial charge in [0.2, 0.25) is 17.0 Å². The van der Waals surface area contributed by atoms with Crippen molar-refractivity contribution in [3.05, 3.63) is 59.0 Å². The number of carbonyl (C=O) groups is 3. The summed E-state index contributed by atoms with van der Waals surface area (Å²) in [5.41, 5.74) is 7.58. The topological polar surface area (TPSA) is 210 Å². The number of nitrogens with two attached hydrogens (primary N) is 1. The van der Waals surface area contributed by atoms with E-state index in [9.17, 15) is 14.4 Å². The molecule has 302 valence electrons. The summed E-state index contributed by atoms with van der Waals surface area (Å²) in [6.45, 7) is 11.6. The smallest absolute Gasteiger partial charge is 0.224 e. The van der Waals surface area contributed by atoms with Gasteiger partial charge >= 0.3 is 62.7 Å². The molecule has 2 amide bonds. The molecule has 2 unspecified atom stereocenters. The summed E-state index contributed by atoms with van der Waals surface area (Å²) in [5.74, 6) is 3.25. The first-order chi connectivity index (χ1) is 25.9. The Morgan fingerprint density at radius 3 is 1.84 bits per heavy atom. The normalized spacial score (nSPS) is 18.2. The molecule has 15 nitrogen and oxygen atoms in total. The number of oxime groups is 1. The van der Waals surface area contributed by atoms with Crippen LogP contribution in [-0.2, 0) is 14.3 Å². The molecule has 3 heterocycles. The first kappa shape index (κ1) is 44.8. The first-order valence-corrected chi connectivity index (χ1v) is 30.3. The van der Waals surface area contributed by atoms with E-state index in [0.717, 1.165) is 48.1 Å². The number of nitrogens with one attached hydrogen (secondary N) is 2. The summed E-state index contributed by atoms with van der Waals surface area (Å²) in [7, 11) is 0. The first-order valence-electron chi connectivity index (χ1n) is 17.3. The fraction of sp³-hybridized carbons (Fsp3) is 0.500. The van der Waals surface area contributed by atoms with Gasteiger partial charge in [0.1, 0.15) is 35.9 Å². The van der Waals surface area contributed by atoms with Gasteiger partial charge in [0.15, 0.2) is 5.84 Å². The second kappa shape index (κ2) is 20.0. The molecule has 2 aliphatic heterocycles. The number of nitrogens with zero attached hydrogens (tertiary/aromatic N) is 3. The fourth-order valence-corrected chi connectivity index (χ4v) is 5.29. The molecule has 7 rings (SSSR count). The van der Waals surface area contributed by atoms with Gasteiger partial charge in [0.25, 0.3) is 0 Å². The Kier molecular flexibility index (Phi) is 16.3. The number of amidine groups is 1. The second-order valence-electron chi connectivity index (χ2n) is 14.9. The summed E-state index contributed by atoms with van der Waals surface area (Å²) in [6.07, 6.45) is 3.32. The second-order valence-corrected chi connectivity index (χ2v) is 31.5. The molecule has 2 aromatic carbocycles. The largest absolute Gasteiger partial charge is 0.281 e. The van der Waals surface area contributed by atoms with Crippen LogP contribution in [0.15, 0.2) is 46.1 Å². The van der Waals surface area contributed by atoms with Gasteiger partial charge in [-0.15, -0.1) is 0 Å². The number of fused-ring (bicyclic) bond motifs is 2. The maximum Gasteiger partial charge on any atom is 0.224 e. The molecule has 2 saturated carbocycles. The molecule has 3 aromatic rings. The Hall–Kier alpha value is -2.86. The van der Waals surface area contributed by atoms with Gasteiger partial charge < -0.3 is 45.0 Å². The van der Waals surface area contributed by atoms with E-state index in [2.05, 4.69) is 63.2 Å². The number of hydrogen-bond donors (Lipinski definition) is 4. The summed E-state index contributed by atoms with van der Waals surface area (Å²) < 4.78 is 27.1. The minimum absolute atomic E-state index is 0.00458. The van der Waals surface area contributed by atoms with E-state index < -0.39 is 23.4 Å². The molecular formula is C36H45ClI3N6O9-. The number of aromatic nitrogens is 2. The van der Waals surface area contributed by atoms with Gasteiger partial charge in [0.05, 0.1) is 12.1 Å². The standard InChI is InChI=1S/C18H21N3O4.C14H19N3O4.C4H5ClO.I3/c1-18(2,3)24-17(22)19-13-9-23-14-8-11(6-7-12(13)14)15-20-16(25-21-15)10-4-5-10;1-14(2,3)21-13(18)16-10-7-20-11-6-8(12(15)17-19)4-5-9(10)11;5-4(6)3-1-2-3;1-3-2/h6-8,10,13H,4-5,9H2,1-3H3,(H,19,22);4-6,10,19H,7H2,1-3H3,(H2,15,17)(H,16,18);3H,1-2H2;/q;;;-1. The van der Waals surface area contributed by atoms with Gasteiger partial charge in [-0.3, -0.25) is 4.79 Å². The summed E-state index contributed by atoms with van der Waals surface area (Å²) in [5, 5.41) is 21.1. The Morgan fingerprint density at radius 1 is 0.891 bits per heavy atom. The van der Waals surface area contributed by atoms with E-state index in [-0.39, 0.29) is 29.1 Å². The van der Waals surface area contributed by atoms with Crippen molar-refractivity contribution < 1.29 is 56.3 Å². The fourth-order valence-electron chi connectivity index (χ4n) is 5.07. The maximum atomic E-state index is 12.0. The molecule has 0 saturated heterocycles. The van der Waals surface area contributed by atoms with Crippen LogP contribution >= 0.6 is 48.8 Å². The number of benzene rings is 2. The quantitative estimate of drug-likeness (QED) is 0.0624. The molecule has 4 aliphatic rings. The number of amides is 2. The Bertz CT molecular complexity index is 1840. The number of rotatable bonds is 6. The summed E-state index contributed by atoms with van der Waals surface area (Å²) >= 11 is 10.3. The third-order valence-corrected chi connectivity index (χ3v) is 8.21. The van der Waals surface area contributed by atoms with Crippen LogP contribution in [0.4, 0.5) is 9.59 Å². The van der Waals surface area contributed by atoms with Crippen molar-refractivity contribution in [2.75, 3.05) is 13.2 Å². The van der Waals surface area contributed by atoms with E-state index in [0.29, 0.717) is 55.4 Å². The molecule has 2 fully saturated rings. The van der Waals surface area contributed by atoms with Crippen molar-refractivity contribution in [3.63, 3.8) is 0 Å². The zero-order valence-corrected chi connectivity index (χ0v) is 38.4. The minimum atomic E-state index is -0.553. The van der Waals surface area contributed by atoms with Crippen LogP contribution in [0.5, 0.6) is 11.5 Å². The van der Waals surface area contributed by atoms with Crippen LogP contribution in [0.25, 0.3) is 11.4 Å². The van der Waals surface area contributed by atoms with Gasteiger partial charge in [-0.2, -0.15) is 4.98 Å². The van der Waals surface area contributed by atoms with Crippen molar-refractivity contribution in [2.45, 2.75) is 96.4 Å². The Morgan fingerprint density at radius 2 is 1.40 bits per heavy atom. The van der Waals surface area contributed by atoms with Gasteiger partial charge in [-0.05, 0) is 91.0 Å². The molecule has 0 bridgehead atoms. The third-order valence-electron chi connectivity index (χ3n) is 7.90. The summed E-state index contributed by atoms with van der Waals surface area (Å²) in [6, 6.07) is 10.4. The van der Waals surface area contributed by atoms with Crippen molar-refractivity contribution in [2.24, 2.45) is 16.8 Å². The molecule has 2 atom stereocenters. The number of halogens is 4. The van der Waals surface area contributed by atoms with Crippen molar-refractivity contribution in [1.82, 2.24) is 20.8 Å². The number of hydrogen-bond acceptors (Lipinski definition) is 12. The van der Waals surface area contributed by atoms with Crippen LogP contribution in [-0.4, -0.2) is 63.0 Å². The zero-order chi connectivity index (χ0) is 40.5. The average molecular weight is 1120 g/mol. The number of alkyl carbamates (subject to hydrolysis) is 2. The maximum absolute atomic E-state index is 12.0. The molecule has 2 aliphatic carbocycles. The van der Waals surface area contributed by atoms with E-state index in [1.54, 1.807) is 39.0 Å². The zero-order valence-electron chi connectivity index (χ0n) is 31.2. The molecule has 19 heteroatoms. The van der Waals surface area contributed by atoms with Crippen LogP contribution in [0, 0.1) is 5.92 Å². The Balaban J connectivity index is 0.000000202. The van der Waals surface area contributed by atoms with Gasteiger partial charge in [-0.1, -0.05) is 34.6 Å². The number of ether oxygens (including phenoxy) is 4. The van der Waals surface area contributed by atoms with E-state index in [4.69, 9.17) is 46.0 Å². The van der Waals surface area contributed by atoms with Crippen molar-refractivity contribution in [3.8, 4) is 22.9 Å². The van der Waals surface area contributed by atoms with Crippen molar-refractivity contribution >= 4 is 72.1 Å². The monoisotopic (exact) mass is 1120 g/mol. The van der Waals surface area contributed by atoms with Crippen LogP contribution < -0.4 is 39.1 Å². The van der Waals surface area contributed by atoms with E-state index >= 15 is 0 Å². The van der Waals surface area contributed by atoms with Crippen LogP contribution in [0.2, 0.25) is 0 Å². The predicted molar refractivity (Wildman–Crippen MR) is 217 cm³/mol.